The lowest BCUT2D eigenvalue weighted by molar-refractivity contribution is 0.472. The van der Waals surface area contributed by atoms with Crippen molar-refractivity contribution >= 4 is 38.4 Å². The third kappa shape index (κ3) is 3.20. The Balaban J connectivity index is 0.00000144. The summed E-state index contributed by atoms with van der Waals surface area (Å²) in [4.78, 5) is 0.316. The molecule has 1 aliphatic rings. The first-order valence-electron chi connectivity index (χ1n) is 5.01. The molecule has 0 aromatic heterocycles. The Kier molecular flexibility index (Phi) is 4.97. The standard InChI is InChI=1S/C10H13BrN2O2S.ClH/c11-8-2-1-3-10(6-8)16(14,15)13-5-4-9(12)7-13;/h1-3,6,9H,4-5,7,12H2;1H/t9-;/m0./s1. The molecule has 0 radical (unpaired) electrons. The summed E-state index contributed by atoms with van der Waals surface area (Å²) < 4.78 is 26.6. The van der Waals surface area contributed by atoms with Crippen molar-refractivity contribution in [2.45, 2.75) is 17.4 Å². The molecule has 0 spiro atoms. The summed E-state index contributed by atoms with van der Waals surface area (Å²) >= 11 is 3.27. The molecule has 1 fully saturated rings. The SMILES string of the molecule is Cl.N[C@H]1CCN(S(=O)(=O)c2cccc(Br)c2)C1. The van der Waals surface area contributed by atoms with E-state index in [-0.39, 0.29) is 18.4 Å². The van der Waals surface area contributed by atoms with Crippen LogP contribution in [0.15, 0.2) is 33.6 Å². The zero-order valence-electron chi connectivity index (χ0n) is 9.04. The Labute approximate surface area is 116 Å². The second-order valence-electron chi connectivity index (χ2n) is 3.87. The summed E-state index contributed by atoms with van der Waals surface area (Å²) in [5.41, 5.74) is 5.71. The molecule has 1 saturated heterocycles. The van der Waals surface area contributed by atoms with Gasteiger partial charge in [-0.05, 0) is 24.6 Å². The quantitative estimate of drug-likeness (QED) is 0.888. The van der Waals surface area contributed by atoms with E-state index < -0.39 is 10.0 Å². The molecule has 1 aliphatic heterocycles. The van der Waals surface area contributed by atoms with Crippen LogP contribution in [0.1, 0.15) is 6.42 Å². The molecular formula is C10H14BrClN2O2S. The van der Waals surface area contributed by atoms with Crippen LogP contribution in [0.2, 0.25) is 0 Å². The summed E-state index contributed by atoms with van der Waals surface area (Å²) in [6, 6.07) is 6.69. The maximum absolute atomic E-state index is 12.2. The van der Waals surface area contributed by atoms with Crippen LogP contribution in [0.3, 0.4) is 0 Å². The lowest BCUT2D eigenvalue weighted by atomic mass is 10.3. The fourth-order valence-electron chi connectivity index (χ4n) is 1.75. The van der Waals surface area contributed by atoms with Crippen molar-refractivity contribution in [2.24, 2.45) is 5.73 Å². The van der Waals surface area contributed by atoms with Crippen LogP contribution in [0.4, 0.5) is 0 Å². The van der Waals surface area contributed by atoms with Crippen LogP contribution in [-0.2, 0) is 10.0 Å². The second kappa shape index (κ2) is 5.67. The fourth-order valence-corrected chi connectivity index (χ4v) is 3.86. The highest BCUT2D eigenvalue weighted by Crippen LogP contribution is 2.22. The summed E-state index contributed by atoms with van der Waals surface area (Å²) in [6.45, 7) is 0.921. The predicted molar refractivity (Wildman–Crippen MR) is 72.7 cm³/mol. The molecule has 2 rings (SSSR count). The Bertz CT molecular complexity index is 495. The third-order valence-electron chi connectivity index (χ3n) is 2.62. The lowest BCUT2D eigenvalue weighted by Gasteiger charge is -2.15. The van der Waals surface area contributed by atoms with Crippen molar-refractivity contribution in [3.05, 3.63) is 28.7 Å². The van der Waals surface area contributed by atoms with Gasteiger partial charge >= 0.3 is 0 Å². The van der Waals surface area contributed by atoms with E-state index in [1.807, 2.05) is 0 Å². The van der Waals surface area contributed by atoms with Crippen LogP contribution in [-0.4, -0.2) is 31.9 Å². The van der Waals surface area contributed by atoms with Gasteiger partial charge in [-0.15, -0.1) is 12.4 Å². The number of nitrogens with two attached hydrogens (primary N) is 1. The molecule has 0 amide bonds. The summed E-state index contributed by atoms with van der Waals surface area (Å²) in [5, 5.41) is 0. The average molecular weight is 342 g/mol. The van der Waals surface area contributed by atoms with E-state index in [1.54, 1.807) is 24.3 Å². The minimum atomic E-state index is -3.37. The maximum atomic E-state index is 12.2. The van der Waals surface area contributed by atoms with Crippen LogP contribution < -0.4 is 5.73 Å². The van der Waals surface area contributed by atoms with Crippen molar-refractivity contribution in [2.75, 3.05) is 13.1 Å². The number of rotatable bonds is 2. The highest BCUT2D eigenvalue weighted by molar-refractivity contribution is 9.10. The van der Waals surface area contributed by atoms with Gasteiger partial charge in [-0.3, -0.25) is 0 Å². The van der Waals surface area contributed by atoms with E-state index in [9.17, 15) is 8.42 Å². The minimum absolute atomic E-state index is 0. The highest BCUT2D eigenvalue weighted by atomic mass is 79.9. The molecule has 0 saturated carbocycles. The predicted octanol–water partition coefficient (Wildman–Crippen LogP) is 1.59. The number of sulfonamides is 1. The number of hydrogen-bond acceptors (Lipinski definition) is 3. The van der Waals surface area contributed by atoms with Gasteiger partial charge in [0.05, 0.1) is 4.90 Å². The summed E-state index contributed by atoms with van der Waals surface area (Å²) in [7, 11) is -3.37. The molecule has 1 heterocycles. The first kappa shape index (κ1) is 14.9. The maximum Gasteiger partial charge on any atom is 0.243 e. The van der Waals surface area contributed by atoms with Crippen molar-refractivity contribution in [1.29, 1.82) is 0 Å². The molecule has 1 atom stereocenters. The van der Waals surface area contributed by atoms with Gasteiger partial charge in [-0.1, -0.05) is 22.0 Å². The van der Waals surface area contributed by atoms with Gasteiger partial charge in [0.25, 0.3) is 0 Å². The summed E-state index contributed by atoms with van der Waals surface area (Å²) in [6.07, 6.45) is 0.729. The van der Waals surface area contributed by atoms with E-state index in [0.717, 1.165) is 10.9 Å². The molecule has 1 aromatic carbocycles. The molecule has 0 bridgehead atoms. The Morgan fingerprint density at radius 1 is 1.41 bits per heavy atom. The Hall–Kier alpha value is -0.140. The van der Waals surface area contributed by atoms with Crippen molar-refractivity contribution in [3.63, 3.8) is 0 Å². The molecule has 0 aliphatic carbocycles. The lowest BCUT2D eigenvalue weighted by Crippen LogP contribution is -2.31. The first-order valence-corrected chi connectivity index (χ1v) is 7.25. The zero-order valence-corrected chi connectivity index (χ0v) is 12.3. The normalized spacial score (nSPS) is 21.2. The highest BCUT2D eigenvalue weighted by Gasteiger charge is 2.30. The monoisotopic (exact) mass is 340 g/mol. The van der Waals surface area contributed by atoms with E-state index in [0.29, 0.717) is 18.0 Å². The molecule has 4 nitrogen and oxygen atoms in total. The summed E-state index contributed by atoms with van der Waals surface area (Å²) in [5.74, 6) is 0. The number of halogens is 2. The van der Waals surface area contributed by atoms with Gasteiger partial charge in [0, 0.05) is 23.6 Å². The molecule has 1 aromatic rings. The van der Waals surface area contributed by atoms with Gasteiger partial charge in [0.15, 0.2) is 0 Å². The van der Waals surface area contributed by atoms with Crippen LogP contribution in [0.25, 0.3) is 0 Å². The molecule has 17 heavy (non-hydrogen) atoms. The van der Waals surface area contributed by atoms with Gasteiger partial charge in [0.2, 0.25) is 10.0 Å². The zero-order chi connectivity index (χ0) is 11.8. The number of nitrogens with zero attached hydrogens (tertiary/aromatic N) is 1. The van der Waals surface area contributed by atoms with Crippen molar-refractivity contribution in [3.8, 4) is 0 Å². The van der Waals surface area contributed by atoms with E-state index >= 15 is 0 Å². The average Bonchev–Trinajstić information content (AvgIpc) is 2.65. The van der Waals surface area contributed by atoms with E-state index in [2.05, 4.69) is 15.9 Å². The van der Waals surface area contributed by atoms with Crippen molar-refractivity contribution in [1.82, 2.24) is 4.31 Å². The molecule has 2 N–H and O–H groups in total. The van der Waals surface area contributed by atoms with E-state index in [4.69, 9.17) is 5.73 Å². The topological polar surface area (TPSA) is 63.4 Å². The van der Waals surface area contributed by atoms with Gasteiger partial charge in [-0.2, -0.15) is 4.31 Å². The van der Waals surface area contributed by atoms with Gasteiger partial charge in [0.1, 0.15) is 0 Å². The third-order valence-corrected chi connectivity index (χ3v) is 4.98. The van der Waals surface area contributed by atoms with Gasteiger partial charge < -0.3 is 5.73 Å². The number of benzene rings is 1. The second-order valence-corrected chi connectivity index (χ2v) is 6.72. The first-order chi connectivity index (χ1) is 7.50. The smallest absolute Gasteiger partial charge is 0.243 e. The molecule has 96 valence electrons. The molecule has 7 heteroatoms. The van der Waals surface area contributed by atoms with Crippen LogP contribution >= 0.6 is 28.3 Å². The fraction of sp³-hybridized carbons (Fsp3) is 0.400. The minimum Gasteiger partial charge on any atom is -0.326 e. The molecular weight excluding hydrogens is 328 g/mol. The van der Waals surface area contributed by atoms with E-state index in [1.165, 1.54) is 4.31 Å². The largest absolute Gasteiger partial charge is 0.326 e. The Morgan fingerprint density at radius 3 is 2.65 bits per heavy atom. The Morgan fingerprint density at radius 2 is 2.12 bits per heavy atom. The molecule has 0 unspecified atom stereocenters. The van der Waals surface area contributed by atoms with Crippen LogP contribution in [0, 0.1) is 0 Å². The van der Waals surface area contributed by atoms with Crippen LogP contribution in [0.5, 0.6) is 0 Å². The van der Waals surface area contributed by atoms with Gasteiger partial charge in [-0.25, -0.2) is 8.42 Å². The number of hydrogen-bond donors (Lipinski definition) is 1. The van der Waals surface area contributed by atoms with Crippen molar-refractivity contribution < 1.29 is 8.42 Å².